The third-order valence-electron chi connectivity index (χ3n) is 4.19. The van der Waals surface area contributed by atoms with E-state index in [2.05, 4.69) is 76.1 Å². The number of hydrogen-bond donors (Lipinski definition) is 1. The molecule has 20 heavy (non-hydrogen) atoms. The molecule has 114 valence electrons. The summed E-state index contributed by atoms with van der Waals surface area (Å²) >= 11 is 0. The lowest BCUT2D eigenvalue weighted by Gasteiger charge is -2.35. The summed E-state index contributed by atoms with van der Waals surface area (Å²) in [6, 6.07) is 8.94. The molecule has 0 radical (unpaired) electrons. The van der Waals surface area contributed by atoms with Crippen LogP contribution in [-0.2, 0) is 13.1 Å². The summed E-state index contributed by atoms with van der Waals surface area (Å²) in [5.74, 6) is 0.703. The van der Waals surface area contributed by atoms with Crippen molar-refractivity contribution in [2.75, 3.05) is 13.6 Å². The topological polar surface area (TPSA) is 15.3 Å². The molecule has 2 nitrogen and oxygen atoms in total. The SMILES string of the molecule is CCC(C)(C)N(C)Cc1cccc(CNCC(C)C)c1. The maximum Gasteiger partial charge on any atom is 0.0236 e. The first kappa shape index (κ1) is 17.2. The van der Waals surface area contributed by atoms with Crippen LogP contribution in [0, 0.1) is 5.92 Å². The summed E-state index contributed by atoms with van der Waals surface area (Å²) in [6.45, 7) is 14.4. The maximum atomic E-state index is 3.51. The minimum atomic E-state index is 0.256. The van der Waals surface area contributed by atoms with Gasteiger partial charge >= 0.3 is 0 Å². The van der Waals surface area contributed by atoms with Crippen LogP contribution < -0.4 is 5.32 Å². The lowest BCUT2D eigenvalue weighted by atomic mass is 9.99. The lowest BCUT2D eigenvalue weighted by molar-refractivity contribution is 0.143. The van der Waals surface area contributed by atoms with E-state index < -0.39 is 0 Å². The van der Waals surface area contributed by atoms with E-state index in [9.17, 15) is 0 Å². The van der Waals surface area contributed by atoms with E-state index in [0.29, 0.717) is 5.92 Å². The number of nitrogens with one attached hydrogen (secondary N) is 1. The van der Waals surface area contributed by atoms with Gasteiger partial charge in [-0.05, 0) is 50.9 Å². The Labute approximate surface area is 125 Å². The molecule has 0 fully saturated rings. The first-order valence-corrected chi connectivity index (χ1v) is 7.85. The molecule has 0 heterocycles. The molecular weight excluding hydrogens is 244 g/mol. The van der Waals surface area contributed by atoms with Gasteiger partial charge in [-0.2, -0.15) is 0 Å². The number of hydrogen-bond acceptors (Lipinski definition) is 2. The zero-order valence-electron chi connectivity index (χ0n) is 14.2. The summed E-state index contributed by atoms with van der Waals surface area (Å²) < 4.78 is 0. The Bertz CT molecular complexity index is 396. The van der Waals surface area contributed by atoms with Crippen molar-refractivity contribution < 1.29 is 0 Å². The first-order chi connectivity index (χ1) is 9.35. The highest BCUT2D eigenvalue weighted by Gasteiger charge is 2.20. The second kappa shape index (κ2) is 7.80. The summed E-state index contributed by atoms with van der Waals surface area (Å²) in [5, 5.41) is 3.51. The Morgan fingerprint density at radius 3 is 2.45 bits per heavy atom. The van der Waals surface area contributed by atoms with Gasteiger partial charge in [0, 0.05) is 18.6 Å². The number of rotatable bonds is 8. The highest BCUT2D eigenvalue weighted by Crippen LogP contribution is 2.19. The van der Waals surface area contributed by atoms with Crippen LogP contribution in [0.25, 0.3) is 0 Å². The summed E-state index contributed by atoms with van der Waals surface area (Å²) in [4.78, 5) is 2.44. The third-order valence-corrected chi connectivity index (χ3v) is 4.19. The summed E-state index contributed by atoms with van der Waals surface area (Å²) in [7, 11) is 2.22. The van der Waals surface area contributed by atoms with E-state index in [1.54, 1.807) is 0 Å². The van der Waals surface area contributed by atoms with E-state index in [1.165, 1.54) is 17.5 Å². The predicted octanol–water partition coefficient (Wildman–Crippen LogP) is 4.05. The van der Waals surface area contributed by atoms with Crippen LogP contribution in [0.15, 0.2) is 24.3 Å². The van der Waals surface area contributed by atoms with Crippen molar-refractivity contribution in [1.82, 2.24) is 10.2 Å². The number of benzene rings is 1. The molecular formula is C18H32N2. The molecule has 1 aromatic carbocycles. The Hall–Kier alpha value is -0.860. The van der Waals surface area contributed by atoms with Crippen LogP contribution in [0.4, 0.5) is 0 Å². The fraction of sp³-hybridized carbons (Fsp3) is 0.667. The van der Waals surface area contributed by atoms with Gasteiger partial charge in [0.15, 0.2) is 0 Å². The molecule has 0 aromatic heterocycles. The zero-order chi connectivity index (χ0) is 15.2. The Kier molecular flexibility index (Phi) is 6.70. The molecule has 0 atom stereocenters. The van der Waals surface area contributed by atoms with E-state index in [1.807, 2.05) is 0 Å². The van der Waals surface area contributed by atoms with Crippen molar-refractivity contribution in [3.8, 4) is 0 Å². The highest BCUT2D eigenvalue weighted by atomic mass is 15.2. The molecule has 0 saturated heterocycles. The van der Waals surface area contributed by atoms with Gasteiger partial charge in [-0.25, -0.2) is 0 Å². The van der Waals surface area contributed by atoms with Gasteiger partial charge < -0.3 is 5.32 Å². The van der Waals surface area contributed by atoms with Crippen LogP contribution in [0.1, 0.15) is 52.2 Å². The number of nitrogens with zero attached hydrogens (tertiary/aromatic N) is 1. The smallest absolute Gasteiger partial charge is 0.0236 e. The van der Waals surface area contributed by atoms with Crippen molar-refractivity contribution in [2.24, 2.45) is 5.92 Å². The van der Waals surface area contributed by atoms with Crippen LogP contribution in [0.3, 0.4) is 0 Å². The third kappa shape index (κ3) is 5.64. The van der Waals surface area contributed by atoms with Gasteiger partial charge in [0.05, 0.1) is 0 Å². The molecule has 0 amide bonds. The fourth-order valence-electron chi connectivity index (χ4n) is 2.10. The Balaban J connectivity index is 2.59. The second-order valence-corrected chi connectivity index (χ2v) is 6.87. The van der Waals surface area contributed by atoms with Gasteiger partial charge in [-0.15, -0.1) is 0 Å². The van der Waals surface area contributed by atoms with Gasteiger partial charge in [-0.1, -0.05) is 45.0 Å². The van der Waals surface area contributed by atoms with Crippen LogP contribution in [0.2, 0.25) is 0 Å². The highest BCUT2D eigenvalue weighted by molar-refractivity contribution is 5.23. The molecule has 0 unspecified atom stereocenters. The fourth-order valence-corrected chi connectivity index (χ4v) is 2.10. The second-order valence-electron chi connectivity index (χ2n) is 6.87. The molecule has 1 rings (SSSR count). The van der Waals surface area contributed by atoms with Crippen molar-refractivity contribution in [3.63, 3.8) is 0 Å². The van der Waals surface area contributed by atoms with Crippen LogP contribution >= 0.6 is 0 Å². The molecule has 0 saturated carbocycles. The molecule has 0 spiro atoms. The monoisotopic (exact) mass is 276 g/mol. The average molecular weight is 276 g/mol. The van der Waals surface area contributed by atoms with Crippen molar-refractivity contribution in [2.45, 2.75) is 59.7 Å². The molecule has 0 aliphatic heterocycles. The minimum Gasteiger partial charge on any atom is -0.312 e. The van der Waals surface area contributed by atoms with E-state index in [-0.39, 0.29) is 5.54 Å². The van der Waals surface area contributed by atoms with Crippen LogP contribution in [-0.4, -0.2) is 24.0 Å². The van der Waals surface area contributed by atoms with Gasteiger partial charge in [0.1, 0.15) is 0 Å². The largest absolute Gasteiger partial charge is 0.312 e. The molecule has 1 aromatic rings. The van der Waals surface area contributed by atoms with Gasteiger partial charge in [0.25, 0.3) is 0 Å². The molecule has 2 heteroatoms. The predicted molar refractivity (Wildman–Crippen MR) is 88.8 cm³/mol. The minimum absolute atomic E-state index is 0.256. The standard InChI is InChI=1S/C18H32N2/c1-7-18(4,5)20(6)14-17-10-8-9-16(11-17)13-19-12-15(2)3/h8-11,15,19H,7,12-14H2,1-6H3. The molecule has 0 aliphatic rings. The van der Waals surface area contributed by atoms with Gasteiger partial charge in [-0.3, -0.25) is 4.90 Å². The van der Waals surface area contributed by atoms with Crippen molar-refractivity contribution in [1.29, 1.82) is 0 Å². The summed E-state index contributed by atoms with van der Waals surface area (Å²) in [6.07, 6.45) is 1.17. The normalized spacial score (nSPS) is 12.4. The Morgan fingerprint density at radius 1 is 1.20 bits per heavy atom. The van der Waals surface area contributed by atoms with E-state index >= 15 is 0 Å². The molecule has 0 aliphatic carbocycles. The van der Waals surface area contributed by atoms with Crippen LogP contribution in [0.5, 0.6) is 0 Å². The van der Waals surface area contributed by atoms with Crippen molar-refractivity contribution >= 4 is 0 Å². The summed E-state index contributed by atoms with van der Waals surface area (Å²) in [5.41, 5.74) is 3.04. The Morgan fingerprint density at radius 2 is 1.85 bits per heavy atom. The molecule has 0 bridgehead atoms. The first-order valence-electron chi connectivity index (χ1n) is 7.85. The van der Waals surface area contributed by atoms with E-state index in [0.717, 1.165) is 19.6 Å². The lowest BCUT2D eigenvalue weighted by Crippen LogP contribution is -2.39. The molecule has 1 N–H and O–H groups in total. The zero-order valence-corrected chi connectivity index (χ0v) is 14.2. The quantitative estimate of drug-likeness (QED) is 0.770. The van der Waals surface area contributed by atoms with Gasteiger partial charge in [0.2, 0.25) is 0 Å². The average Bonchev–Trinajstić information content (AvgIpc) is 2.38. The maximum absolute atomic E-state index is 3.51. The van der Waals surface area contributed by atoms with E-state index in [4.69, 9.17) is 0 Å². The van der Waals surface area contributed by atoms with Crippen molar-refractivity contribution in [3.05, 3.63) is 35.4 Å².